The predicted molar refractivity (Wildman–Crippen MR) is 128 cm³/mol. The van der Waals surface area contributed by atoms with Crippen LogP contribution in [0.4, 0.5) is 5.69 Å². The van der Waals surface area contributed by atoms with Crippen LogP contribution in [0.15, 0.2) is 68.5 Å². The molecule has 31 heavy (non-hydrogen) atoms. The van der Waals surface area contributed by atoms with Crippen molar-refractivity contribution in [1.82, 2.24) is 4.90 Å². The third-order valence-electron chi connectivity index (χ3n) is 6.12. The van der Waals surface area contributed by atoms with E-state index < -0.39 is 0 Å². The van der Waals surface area contributed by atoms with E-state index in [9.17, 15) is 5.26 Å². The Hall–Kier alpha value is -2.84. The molecule has 1 aromatic rings. The first-order valence-corrected chi connectivity index (χ1v) is 11.4. The molecule has 0 bridgehead atoms. The maximum Gasteiger partial charge on any atom is 0.159 e. The molecule has 0 aromatic heterocycles. The molecular weight excluding hydrogens is 406 g/mol. The second kappa shape index (κ2) is 8.72. The largest absolute Gasteiger partial charge is 0.314 e. The monoisotopic (exact) mass is 433 g/mol. The van der Waals surface area contributed by atoms with Crippen LogP contribution in [-0.4, -0.2) is 28.7 Å². The number of allylic oxidation sites excluding steroid dienone is 3. The van der Waals surface area contributed by atoms with Gasteiger partial charge in [-0.3, -0.25) is 9.89 Å². The predicted octanol–water partition coefficient (Wildman–Crippen LogP) is 6.10. The topological polar surface area (TPSA) is 55.0 Å². The van der Waals surface area contributed by atoms with Crippen LogP contribution in [-0.2, 0) is 0 Å². The number of rotatable bonds is 3. The lowest BCUT2D eigenvalue weighted by Gasteiger charge is -2.46. The highest BCUT2D eigenvalue weighted by Gasteiger charge is 2.42. The molecule has 0 spiro atoms. The van der Waals surface area contributed by atoms with E-state index in [2.05, 4.69) is 55.7 Å². The minimum absolute atomic E-state index is 0.0142. The third-order valence-corrected chi connectivity index (χ3v) is 6.47. The fraction of sp³-hybridized carbons (Fsp3) is 0.400. The summed E-state index contributed by atoms with van der Waals surface area (Å²) in [6, 6.07) is 10.1. The minimum Gasteiger partial charge on any atom is -0.314 e. The van der Waals surface area contributed by atoms with Gasteiger partial charge in [0.2, 0.25) is 0 Å². The summed E-state index contributed by atoms with van der Waals surface area (Å²) in [6.07, 6.45) is 7.91. The van der Waals surface area contributed by atoms with Crippen LogP contribution in [0.2, 0.25) is 0 Å². The van der Waals surface area contributed by atoms with Gasteiger partial charge in [0.1, 0.15) is 11.0 Å². The average Bonchev–Trinajstić information content (AvgIpc) is 3.03. The van der Waals surface area contributed by atoms with Gasteiger partial charge < -0.3 is 4.90 Å². The van der Waals surface area contributed by atoms with E-state index in [0.717, 1.165) is 54.3 Å². The lowest BCUT2D eigenvalue weighted by molar-refractivity contribution is 0.576. The Morgan fingerprint density at radius 2 is 1.94 bits per heavy atom. The minimum atomic E-state index is 0.0142. The molecule has 6 heteroatoms. The lowest BCUT2D eigenvalue weighted by Crippen LogP contribution is -2.58. The van der Waals surface area contributed by atoms with Crippen molar-refractivity contribution < 1.29 is 0 Å². The van der Waals surface area contributed by atoms with Crippen molar-refractivity contribution in [3.8, 4) is 6.07 Å². The van der Waals surface area contributed by atoms with E-state index in [4.69, 9.17) is 21.6 Å². The van der Waals surface area contributed by atoms with Crippen molar-refractivity contribution in [2.45, 2.75) is 65.5 Å². The number of anilines is 1. The van der Waals surface area contributed by atoms with Gasteiger partial charge in [-0.15, -0.1) is 0 Å². The van der Waals surface area contributed by atoms with E-state index in [1.807, 2.05) is 24.3 Å². The summed E-state index contributed by atoms with van der Waals surface area (Å²) in [4.78, 5) is 14.6. The molecule has 1 saturated heterocycles. The van der Waals surface area contributed by atoms with Gasteiger partial charge in [0.15, 0.2) is 5.84 Å². The number of amidine groups is 2. The van der Waals surface area contributed by atoms with Crippen molar-refractivity contribution in [2.75, 3.05) is 4.90 Å². The fourth-order valence-corrected chi connectivity index (χ4v) is 4.70. The maximum atomic E-state index is 9.24. The molecule has 5 nitrogen and oxygen atoms in total. The number of fused-ring (bicyclic) bond motifs is 3. The van der Waals surface area contributed by atoms with E-state index >= 15 is 0 Å². The zero-order chi connectivity index (χ0) is 22.1. The first-order chi connectivity index (χ1) is 15.0. The Balaban J connectivity index is 1.97. The SMILES string of the molecule is CCC1=C(Cl)N=C2C(=CC1)N1C(C)=CCC(C)N=C1C(CC)N2c1ccc(C#N)cc1. The molecule has 0 amide bonds. The summed E-state index contributed by atoms with van der Waals surface area (Å²) in [7, 11) is 0. The Morgan fingerprint density at radius 3 is 2.58 bits per heavy atom. The Morgan fingerprint density at radius 1 is 1.19 bits per heavy atom. The average molecular weight is 434 g/mol. The molecule has 3 aliphatic heterocycles. The first kappa shape index (κ1) is 21.4. The number of aliphatic imine (C=N–C) groups is 2. The Kier molecular flexibility index (Phi) is 6.02. The van der Waals surface area contributed by atoms with Gasteiger partial charge in [0.25, 0.3) is 0 Å². The van der Waals surface area contributed by atoms with Crippen LogP contribution >= 0.6 is 11.6 Å². The van der Waals surface area contributed by atoms with Gasteiger partial charge in [-0.1, -0.05) is 37.6 Å². The first-order valence-electron chi connectivity index (χ1n) is 11.0. The number of nitrogens with zero attached hydrogens (tertiary/aromatic N) is 5. The summed E-state index contributed by atoms with van der Waals surface area (Å²) < 4.78 is 0. The number of benzene rings is 1. The van der Waals surface area contributed by atoms with Gasteiger partial charge >= 0.3 is 0 Å². The summed E-state index contributed by atoms with van der Waals surface area (Å²) in [6.45, 7) is 8.61. The number of piperazine rings is 1. The highest BCUT2D eigenvalue weighted by Crippen LogP contribution is 2.37. The van der Waals surface area contributed by atoms with Gasteiger partial charge in [-0.05, 0) is 69.4 Å². The van der Waals surface area contributed by atoms with Crippen LogP contribution in [0, 0.1) is 11.3 Å². The molecule has 3 aliphatic rings. The van der Waals surface area contributed by atoms with Gasteiger partial charge in [0.05, 0.1) is 29.4 Å². The normalized spacial score (nSPS) is 23.5. The van der Waals surface area contributed by atoms with Crippen molar-refractivity contribution in [1.29, 1.82) is 5.26 Å². The summed E-state index contributed by atoms with van der Waals surface area (Å²) in [5, 5.41) is 9.82. The van der Waals surface area contributed by atoms with E-state index in [1.54, 1.807) is 0 Å². The number of halogens is 1. The molecule has 160 valence electrons. The second-order valence-corrected chi connectivity index (χ2v) is 8.54. The fourth-order valence-electron chi connectivity index (χ4n) is 4.41. The molecule has 4 rings (SSSR count). The zero-order valence-corrected chi connectivity index (χ0v) is 19.3. The smallest absolute Gasteiger partial charge is 0.159 e. The standard InChI is InChI=1S/C25H28ClN5/c1-5-19-11-14-22-25(29-23(19)26)31(20-12-9-18(15-27)10-13-20)21(6-2)24-28-16(3)7-8-17(4)30(22)24/h8-10,12-14,16,21H,5-7,11H2,1-4H3. The Bertz CT molecular complexity index is 1070. The molecule has 1 aromatic carbocycles. The molecule has 3 heterocycles. The quantitative estimate of drug-likeness (QED) is 0.541. The van der Waals surface area contributed by atoms with Crippen molar-refractivity contribution in [3.05, 3.63) is 64.1 Å². The van der Waals surface area contributed by atoms with Crippen LogP contribution in [0.25, 0.3) is 0 Å². The number of hydrogen-bond acceptors (Lipinski definition) is 5. The molecule has 0 aliphatic carbocycles. The number of hydrogen-bond donors (Lipinski definition) is 0. The highest BCUT2D eigenvalue weighted by molar-refractivity contribution is 6.32. The van der Waals surface area contributed by atoms with E-state index in [1.165, 1.54) is 5.70 Å². The van der Waals surface area contributed by atoms with E-state index in [-0.39, 0.29) is 12.1 Å². The second-order valence-electron chi connectivity index (χ2n) is 8.18. The highest BCUT2D eigenvalue weighted by atomic mass is 35.5. The van der Waals surface area contributed by atoms with Gasteiger partial charge in [-0.25, -0.2) is 4.99 Å². The van der Waals surface area contributed by atoms with Crippen LogP contribution in [0.5, 0.6) is 0 Å². The van der Waals surface area contributed by atoms with Crippen LogP contribution in [0.1, 0.15) is 58.9 Å². The summed E-state index contributed by atoms with van der Waals surface area (Å²) >= 11 is 6.69. The summed E-state index contributed by atoms with van der Waals surface area (Å²) in [5.41, 5.74) is 4.96. The third kappa shape index (κ3) is 3.81. The van der Waals surface area contributed by atoms with Gasteiger partial charge in [-0.2, -0.15) is 5.26 Å². The molecule has 0 radical (unpaired) electrons. The zero-order valence-electron chi connectivity index (χ0n) is 18.6. The van der Waals surface area contributed by atoms with Gasteiger partial charge in [0, 0.05) is 11.4 Å². The van der Waals surface area contributed by atoms with Crippen molar-refractivity contribution >= 4 is 29.0 Å². The van der Waals surface area contributed by atoms with E-state index in [0.29, 0.717) is 10.7 Å². The van der Waals surface area contributed by atoms with Crippen molar-refractivity contribution in [2.24, 2.45) is 9.98 Å². The lowest BCUT2D eigenvalue weighted by atomic mass is 10.0. The molecule has 2 atom stereocenters. The molecule has 0 saturated carbocycles. The molecule has 1 fully saturated rings. The van der Waals surface area contributed by atoms with Crippen molar-refractivity contribution in [3.63, 3.8) is 0 Å². The molecule has 2 unspecified atom stereocenters. The summed E-state index contributed by atoms with van der Waals surface area (Å²) in [5.74, 6) is 1.89. The molecular formula is C25H28ClN5. The van der Waals surface area contributed by atoms with Crippen LogP contribution < -0.4 is 4.90 Å². The molecule has 0 N–H and O–H groups in total. The Labute approximate surface area is 189 Å². The van der Waals surface area contributed by atoms with Crippen LogP contribution in [0.3, 0.4) is 0 Å². The maximum absolute atomic E-state index is 9.24. The number of nitriles is 1.